The number of hydrogen-bond acceptors (Lipinski definition) is 6. The van der Waals surface area contributed by atoms with E-state index in [0.29, 0.717) is 5.95 Å². The third-order valence-electron chi connectivity index (χ3n) is 5.11. The van der Waals surface area contributed by atoms with E-state index in [1.807, 2.05) is 25.1 Å². The monoisotopic (exact) mass is 443 g/mol. The van der Waals surface area contributed by atoms with Crippen LogP contribution in [-0.2, 0) is 5.60 Å². The van der Waals surface area contributed by atoms with Gasteiger partial charge in [-0.2, -0.15) is 10.2 Å². The second-order valence-electron chi connectivity index (χ2n) is 7.87. The molecule has 0 bridgehead atoms. The zero-order valence-electron chi connectivity index (χ0n) is 16.5. The van der Waals surface area contributed by atoms with E-state index in [-0.39, 0.29) is 12.0 Å². The summed E-state index contributed by atoms with van der Waals surface area (Å²) in [5.74, 6) is 1.24. The van der Waals surface area contributed by atoms with E-state index >= 15 is 0 Å². The molecule has 0 spiro atoms. The summed E-state index contributed by atoms with van der Waals surface area (Å²) < 4.78 is 0.845. The molecule has 1 aromatic carbocycles. The summed E-state index contributed by atoms with van der Waals surface area (Å²) in [4.78, 5) is 9.01. The van der Waals surface area contributed by atoms with E-state index < -0.39 is 5.60 Å². The van der Waals surface area contributed by atoms with Crippen molar-refractivity contribution in [1.82, 2.24) is 9.97 Å². The van der Waals surface area contributed by atoms with Gasteiger partial charge in [-0.1, -0.05) is 28.8 Å². The molecule has 3 rings (SSSR count). The average Bonchev–Trinajstić information content (AvgIpc) is 2.65. The van der Waals surface area contributed by atoms with Gasteiger partial charge in [-0.25, -0.2) is 4.98 Å². The predicted octanol–water partition coefficient (Wildman–Crippen LogP) is 5.01. The van der Waals surface area contributed by atoms with Crippen molar-refractivity contribution in [3.05, 3.63) is 40.0 Å². The molecule has 0 aliphatic heterocycles. The van der Waals surface area contributed by atoms with Gasteiger partial charge in [0, 0.05) is 28.0 Å². The molecule has 1 heterocycles. The molecular formula is C21H26BrN5O. The number of rotatable bonds is 5. The van der Waals surface area contributed by atoms with Crippen molar-refractivity contribution in [1.29, 1.82) is 5.26 Å². The smallest absolute Gasteiger partial charge is 0.229 e. The molecule has 28 heavy (non-hydrogen) atoms. The van der Waals surface area contributed by atoms with Gasteiger partial charge in [0.25, 0.3) is 0 Å². The molecule has 1 aliphatic rings. The quantitative estimate of drug-likeness (QED) is 0.600. The van der Waals surface area contributed by atoms with Gasteiger partial charge in [-0.15, -0.1) is 0 Å². The zero-order valence-corrected chi connectivity index (χ0v) is 18.0. The molecule has 1 fully saturated rings. The summed E-state index contributed by atoms with van der Waals surface area (Å²) in [6.07, 6.45) is 5.93. The Morgan fingerprint density at radius 3 is 2.75 bits per heavy atom. The number of aryl methyl sites for hydroxylation is 1. The van der Waals surface area contributed by atoms with E-state index in [9.17, 15) is 10.4 Å². The number of anilines is 3. The van der Waals surface area contributed by atoms with Crippen molar-refractivity contribution in [2.45, 2.75) is 58.1 Å². The SMILES string of the molecule is Cc1cnc(Nc2ccc(Br)c(C(C)(C)O)c2)nc1N[C@H]1CCCCC1C#N. The van der Waals surface area contributed by atoms with Gasteiger partial charge in [0.15, 0.2) is 0 Å². The molecular weight excluding hydrogens is 418 g/mol. The molecule has 0 saturated heterocycles. The first-order valence-electron chi connectivity index (χ1n) is 9.57. The fourth-order valence-electron chi connectivity index (χ4n) is 3.48. The van der Waals surface area contributed by atoms with Crippen LogP contribution in [0.4, 0.5) is 17.5 Å². The molecule has 7 heteroatoms. The van der Waals surface area contributed by atoms with Crippen LogP contribution in [0.15, 0.2) is 28.9 Å². The van der Waals surface area contributed by atoms with Crippen LogP contribution >= 0.6 is 15.9 Å². The van der Waals surface area contributed by atoms with Gasteiger partial charge in [0.05, 0.1) is 17.6 Å². The Hall–Kier alpha value is -2.17. The first kappa shape index (κ1) is 20.6. The Labute approximate surface area is 174 Å². The van der Waals surface area contributed by atoms with Crippen LogP contribution in [0.1, 0.15) is 50.7 Å². The molecule has 148 valence electrons. The lowest BCUT2D eigenvalue weighted by molar-refractivity contribution is 0.0779. The first-order chi connectivity index (χ1) is 13.3. The Balaban J connectivity index is 1.81. The highest BCUT2D eigenvalue weighted by molar-refractivity contribution is 9.10. The summed E-state index contributed by atoms with van der Waals surface area (Å²) in [6.45, 7) is 5.45. The number of nitrogens with one attached hydrogen (secondary N) is 2. The molecule has 1 unspecified atom stereocenters. The zero-order chi connectivity index (χ0) is 20.3. The summed E-state index contributed by atoms with van der Waals surface area (Å²) >= 11 is 3.49. The largest absolute Gasteiger partial charge is 0.386 e. The summed E-state index contributed by atoms with van der Waals surface area (Å²) in [7, 11) is 0. The highest BCUT2D eigenvalue weighted by atomic mass is 79.9. The van der Waals surface area contributed by atoms with Crippen LogP contribution in [-0.4, -0.2) is 21.1 Å². The molecule has 1 aliphatic carbocycles. The molecule has 6 nitrogen and oxygen atoms in total. The summed E-state index contributed by atoms with van der Waals surface area (Å²) in [5.41, 5.74) is 1.55. The molecule has 1 aromatic heterocycles. The third kappa shape index (κ3) is 4.81. The Morgan fingerprint density at radius 1 is 1.29 bits per heavy atom. The highest BCUT2D eigenvalue weighted by Crippen LogP contribution is 2.32. The third-order valence-corrected chi connectivity index (χ3v) is 5.80. The standard InChI is InChI=1S/C21H26BrN5O/c1-13-12-24-20(25-15-8-9-17(22)16(10-15)21(2,3)28)27-19(13)26-18-7-5-4-6-14(18)11-23/h8-10,12,14,18,28H,4-7H2,1-3H3,(H2,24,25,26,27)/t14?,18-/m0/s1. The van der Waals surface area contributed by atoms with E-state index in [2.05, 4.69) is 42.6 Å². The lowest BCUT2D eigenvalue weighted by atomic mass is 9.85. The Morgan fingerprint density at radius 2 is 2.04 bits per heavy atom. The number of hydrogen-bond donors (Lipinski definition) is 3. The van der Waals surface area contributed by atoms with Crippen molar-refractivity contribution >= 4 is 33.4 Å². The van der Waals surface area contributed by atoms with Crippen molar-refractivity contribution < 1.29 is 5.11 Å². The van der Waals surface area contributed by atoms with Gasteiger partial charge in [0.1, 0.15) is 5.82 Å². The summed E-state index contributed by atoms with van der Waals surface area (Å²) in [5, 5.41) is 26.4. The topological polar surface area (TPSA) is 93.9 Å². The number of aromatic nitrogens is 2. The number of nitriles is 1. The Kier molecular flexibility index (Phi) is 6.21. The van der Waals surface area contributed by atoms with Crippen LogP contribution in [0.25, 0.3) is 0 Å². The molecule has 3 N–H and O–H groups in total. The molecule has 2 atom stereocenters. The summed E-state index contributed by atoms with van der Waals surface area (Å²) in [6, 6.07) is 8.22. The lowest BCUT2D eigenvalue weighted by Gasteiger charge is -2.28. The van der Waals surface area contributed by atoms with E-state index in [1.165, 1.54) is 0 Å². The van der Waals surface area contributed by atoms with Crippen LogP contribution < -0.4 is 10.6 Å². The normalized spacial score (nSPS) is 19.7. The van der Waals surface area contributed by atoms with Crippen molar-refractivity contribution in [3.63, 3.8) is 0 Å². The van der Waals surface area contributed by atoms with Gasteiger partial charge < -0.3 is 15.7 Å². The highest BCUT2D eigenvalue weighted by Gasteiger charge is 2.25. The molecule has 1 saturated carbocycles. The van der Waals surface area contributed by atoms with E-state index in [4.69, 9.17) is 0 Å². The van der Waals surface area contributed by atoms with E-state index in [1.54, 1.807) is 20.0 Å². The number of benzene rings is 1. The van der Waals surface area contributed by atoms with Gasteiger partial charge >= 0.3 is 0 Å². The van der Waals surface area contributed by atoms with Crippen LogP contribution in [0, 0.1) is 24.2 Å². The van der Waals surface area contributed by atoms with E-state index in [0.717, 1.165) is 52.8 Å². The van der Waals surface area contributed by atoms with Crippen molar-refractivity contribution in [2.75, 3.05) is 10.6 Å². The van der Waals surface area contributed by atoms with Crippen LogP contribution in [0.2, 0.25) is 0 Å². The average molecular weight is 444 g/mol. The maximum Gasteiger partial charge on any atom is 0.229 e. The predicted molar refractivity (Wildman–Crippen MR) is 114 cm³/mol. The molecule has 0 radical (unpaired) electrons. The minimum atomic E-state index is -0.968. The second-order valence-corrected chi connectivity index (χ2v) is 8.73. The minimum absolute atomic E-state index is 0.0142. The second kappa shape index (κ2) is 8.46. The number of nitrogens with zero attached hydrogens (tertiary/aromatic N) is 3. The fourth-order valence-corrected chi connectivity index (χ4v) is 4.21. The van der Waals surface area contributed by atoms with Crippen LogP contribution in [0.3, 0.4) is 0 Å². The minimum Gasteiger partial charge on any atom is -0.386 e. The molecule has 0 amide bonds. The maximum absolute atomic E-state index is 10.3. The lowest BCUT2D eigenvalue weighted by Crippen LogP contribution is -2.32. The van der Waals surface area contributed by atoms with Gasteiger partial charge in [-0.3, -0.25) is 0 Å². The van der Waals surface area contributed by atoms with Gasteiger partial charge in [-0.05, 0) is 57.4 Å². The first-order valence-corrected chi connectivity index (χ1v) is 10.4. The van der Waals surface area contributed by atoms with Crippen molar-refractivity contribution in [2.24, 2.45) is 5.92 Å². The van der Waals surface area contributed by atoms with Crippen LogP contribution in [0.5, 0.6) is 0 Å². The van der Waals surface area contributed by atoms with Gasteiger partial charge in [0.2, 0.25) is 5.95 Å². The number of aliphatic hydroxyl groups is 1. The Bertz CT molecular complexity index is 887. The maximum atomic E-state index is 10.3. The number of halogens is 1. The molecule has 2 aromatic rings. The van der Waals surface area contributed by atoms with Crippen molar-refractivity contribution in [3.8, 4) is 6.07 Å². The fraction of sp³-hybridized carbons (Fsp3) is 0.476.